The van der Waals surface area contributed by atoms with Gasteiger partial charge in [0.2, 0.25) is 5.95 Å². The van der Waals surface area contributed by atoms with E-state index in [2.05, 4.69) is 29.5 Å². The summed E-state index contributed by atoms with van der Waals surface area (Å²) in [7, 11) is 1.48. The fraction of sp³-hybridized carbons (Fsp3) is 0.444. The normalized spacial score (nSPS) is 14.9. The van der Waals surface area contributed by atoms with Crippen LogP contribution >= 0.6 is 11.6 Å². The van der Waals surface area contributed by atoms with Gasteiger partial charge in [0, 0.05) is 24.5 Å². The van der Waals surface area contributed by atoms with E-state index in [4.69, 9.17) is 16.4 Å². The maximum atomic E-state index is 12.7. The van der Waals surface area contributed by atoms with E-state index in [-0.39, 0.29) is 17.5 Å². The Hall–Kier alpha value is -2.05. The lowest BCUT2D eigenvalue weighted by molar-refractivity contribution is 0.156. The van der Waals surface area contributed by atoms with Crippen LogP contribution in [0.15, 0.2) is 29.1 Å². The molecule has 134 valence electrons. The topological polar surface area (TPSA) is 68.2 Å². The minimum atomic E-state index is -0.166. The molecule has 0 radical (unpaired) electrons. The molecular formula is C18H23ClN4O2. The predicted molar refractivity (Wildman–Crippen MR) is 99.1 cm³/mol. The van der Waals surface area contributed by atoms with Gasteiger partial charge in [0.1, 0.15) is 7.11 Å². The van der Waals surface area contributed by atoms with Crippen LogP contribution in [0.1, 0.15) is 36.7 Å². The van der Waals surface area contributed by atoms with E-state index in [0.717, 1.165) is 24.2 Å². The number of rotatable bonds is 5. The summed E-state index contributed by atoms with van der Waals surface area (Å²) < 4.78 is 1.23. The summed E-state index contributed by atoms with van der Waals surface area (Å²) in [5.41, 5.74) is 2.42. The second-order valence-electron chi connectivity index (χ2n) is 6.49. The molecule has 25 heavy (non-hydrogen) atoms. The van der Waals surface area contributed by atoms with E-state index in [1.165, 1.54) is 11.8 Å². The molecular weight excluding hydrogens is 340 g/mol. The Kier molecular flexibility index (Phi) is 5.30. The van der Waals surface area contributed by atoms with Gasteiger partial charge in [0.15, 0.2) is 0 Å². The summed E-state index contributed by atoms with van der Waals surface area (Å²) in [5, 5.41) is 7.28. The molecule has 0 unspecified atom stereocenters. The summed E-state index contributed by atoms with van der Waals surface area (Å²) >= 11 is 6.00. The quantitative estimate of drug-likeness (QED) is 0.855. The molecule has 1 aliphatic rings. The fourth-order valence-corrected chi connectivity index (χ4v) is 3.22. The van der Waals surface area contributed by atoms with Gasteiger partial charge in [-0.2, -0.15) is 0 Å². The highest BCUT2D eigenvalue weighted by atomic mass is 35.5. The van der Waals surface area contributed by atoms with Crippen LogP contribution in [0.3, 0.4) is 0 Å². The minimum absolute atomic E-state index is 0.0228. The maximum Gasteiger partial charge on any atom is 0.292 e. The third-order valence-corrected chi connectivity index (χ3v) is 4.68. The third kappa shape index (κ3) is 3.65. The second kappa shape index (κ2) is 7.45. The SMILES string of the molecule is COn1c(N[C@H](c2ccc(Cl)cc2)C(C)C)nc2c(c1=O)CNCC2. The molecule has 0 amide bonds. The van der Waals surface area contributed by atoms with E-state index in [9.17, 15) is 4.79 Å². The van der Waals surface area contributed by atoms with Crippen molar-refractivity contribution in [3.63, 3.8) is 0 Å². The van der Waals surface area contributed by atoms with Crippen molar-refractivity contribution in [2.24, 2.45) is 5.92 Å². The van der Waals surface area contributed by atoms with Crippen molar-refractivity contribution in [3.8, 4) is 0 Å². The van der Waals surface area contributed by atoms with Gasteiger partial charge in [-0.15, -0.1) is 4.73 Å². The molecule has 0 saturated heterocycles. The van der Waals surface area contributed by atoms with Crippen LogP contribution in [0.4, 0.5) is 5.95 Å². The zero-order chi connectivity index (χ0) is 18.0. The number of hydrogen-bond donors (Lipinski definition) is 2. The third-order valence-electron chi connectivity index (χ3n) is 4.43. The number of fused-ring (bicyclic) bond motifs is 1. The number of halogens is 1. The van der Waals surface area contributed by atoms with E-state index < -0.39 is 0 Å². The zero-order valence-corrected chi connectivity index (χ0v) is 15.4. The van der Waals surface area contributed by atoms with Crippen LogP contribution in [0.2, 0.25) is 5.02 Å². The van der Waals surface area contributed by atoms with Crippen LogP contribution in [-0.4, -0.2) is 23.4 Å². The molecule has 0 saturated carbocycles. The van der Waals surface area contributed by atoms with Crippen LogP contribution in [0, 0.1) is 5.92 Å². The van der Waals surface area contributed by atoms with Gasteiger partial charge in [0.05, 0.1) is 17.3 Å². The van der Waals surface area contributed by atoms with Gasteiger partial charge in [-0.25, -0.2) is 4.98 Å². The van der Waals surface area contributed by atoms with Gasteiger partial charge in [0.25, 0.3) is 5.56 Å². The molecule has 1 aromatic carbocycles. The minimum Gasteiger partial charge on any atom is -0.411 e. The Labute approximate surface area is 152 Å². The average Bonchev–Trinajstić information content (AvgIpc) is 2.60. The van der Waals surface area contributed by atoms with Crippen LogP contribution in [0.5, 0.6) is 0 Å². The predicted octanol–water partition coefficient (Wildman–Crippen LogP) is 2.41. The molecule has 0 fully saturated rings. The van der Waals surface area contributed by atoms with Gasteiger partial charge >= 0.3 is 0 Å². The highest BCUT2D eigenvalue weighted by Gasteiger charge is 2.23. The van der Waals surface area contributed by atoms with Crippen molar-refractivity contribution >= 4 is 17.5 Å². The molecule has 2 N–H and O–H groups in total. The zero-order valence-electron chi connectivity index (χ0n) is 14.7. The number of benzene rings is 1. The highest BCUT2D eigenvalue weighted by Crippen LogP contribution is 2.27. The Morgan fingerprint density at radius 1 is 1.32 bits per heavy atom. The number of hydrogen-bond acceptors (Lipinski definition) is 5. The van der Waals surface area contributed by atoms with Crippen molar-refractivity contribution in [2.75, 3.05) is 19.0 Å². The summed E-state index contributed by atoms with van der Waals surface area (Å²) in [6.07, 6.45) is 0.733. The summed E-state index contributed by atoms with van der Waals surface area (Å²) in [6, 6.07) is 7.67. The van der Waals surface area contributed by atoms with Gasteiger partial charge in [-0.05, 0) is 23.6 Å². The number of nitrogens with zero attached hydrogens (tertiary/aromatic N) is 2. The van der Waals surface area contributed by atoms with Crippen LogP contribution in [0.25, 0.3) is 0 Å². The Bertz CT molecular complexity index is 802. The van der Waals surface area contributed by atoms with Crippen molar-refractivity contribution in [2.45, 2.75) is 32.9 Å². The maximum absolute atomic E-state index is 12.7. The van der Waals surface area contributed by atoms with Gasteiger partial charge in [-0.1, -0.05) is 37.6 Å². The van der Waals surface area contributed by atoms with Crippen molar-refractivity contribution < 1.29 is 4.84 Å². The molecule has 0 bridgehead atoms. The Morgan fingerprint density at radius 2 is 2.04 bits per heavy atom. The summed E-state index contributed by atoms with van der Waals surface area (Å²) in [4.78, 5) is 22.7. The molecule has 6 nitrogen and oxygen atoms in total. The first-order chi connectivity index (χ1) is 12.0. The number of nitrogens with one attached hydrogen (secondary N) is 2. The largest absolute Gasteiger partial charge is 0.411 e. The average molecular weight is 363 g/mol. The van der Waals surface area contributed by atoms with Crippen LogP contribution < -0.4 is 21.0 Å². The molecule has 2 heterocycles. The Morgan fingerprint density at radius 3 is 2.68 bits per heavy atom. The first-order valence-electron chi connectivity index (χ1n) is 8.43. The fourth-order valence-electron chi connectivity index (χ4n) is 3.09. The highest BCUT2D eigenvalue weighted by molar-refractivity contribution is 6.30. The smallest absolute Gasteiger partial charge is 0.292 e. The van der Waals surface area contributed by atoms with Crippen molar-refractivity contribution in [1.29, 1.82) is 0 Å². The van der Waals surface area contributed by atoms with Crippen molar-refractivity contribution in [1.82, 2.24) is 15.0 Å². The standard InChI is InChI=1S/C18H23ClN4O2/c1-11(2)16(12-4-6-13(19)7-5-12)22-18-21-15-8-9-20-10-14(15)17(24)23(18)25-3/h4-7,11,16,20H,8-10H2,1-3H3,(H,21,22)/t16-/m0/s1. The molecule has 1 atom stereocenters. The first-order valence-corrected chi connectivity index (χ1v) is 8.81. The molecule has 1 aromatic heterocycles. The first kappa shape index (κ1) is 17.8. The molecule has 1 aliphatic heterocycles. The lowest BCUT2D eigenvalue weighted by Gasteiger charge is -2.26. The number of aromatic nitrogens is 2. The van der Waals surface area contributed by atoms with Crippen LogP contribution in [-0.2, 0) is 13.0 Å². The van der Waals surface area contributed by atoms with E-state index >= 15 is 0 Å². The molecule has 7 heteroatoms. The molecule has 0 aliphatic carbocycles. The molecule has 2 aromatic rings. The lowest BCUT2D eigenvalue weighted by Crippen LogP contribution is -2.38. The van der Waals surface area contributed by atoms with Gasteiger partial charge < -0.3 is 15.5 Å². The van der Waals surface area contributed by atoms with E-state index in [0.29, 0.717) is 23.1 Å². The summed E-state index contributed by atoms with van der Waals surface area (Å²) in [5.74, 6) is 0.711. The number of anilines is 1. The monoisotopic (exact) mass is 362 g/mol. The molecule has 3 rings (SSSR count). The van der Waals surface area contributed by atoms with E-state index in [1.54, 1.807) is 0 Å². The Balaban J connectivity index is 2.01. The van der Waals surface area contributed by atoms with Crippen molar-refractivity contribution in [3.05, 3.63) is 56.5 Å². The van der Waals surface area contributed by atoms with Gasteiger partial charge in [-0.3, -0.25) is 4.79 Å². The lowest BCUT2D eigenvalue weighted by atomic mass is 9.96. The van der Waals surface area contributed by atoms with E-state index in [1.807, 2.05) is 24.3 Å². The second-order valence-corrected chi connectivity index (χ2v) is 6.92. The molecule has 0 spiro atoms. The summed E-state index contributed by atoms with van der Waals surface area (Å²) in [6.45, 7) is 5.57.